The van der Waals surface area contributed by atoms with Crippen LogP contribution in [0.2, 0.25) is 0 Å². The number of nitrogens with two attached hydrogens (primary N) is 1. The molecule has 0 unspecified atom stereocenters. The van der Waals surface area contributed by atoms with E-state index in [2.05, 4.69) is 18.9 Å². The molecule has 0 aliphatic carbocycles. The SMILES string of the molecule is C=C(C)C(=O)O.C=CC(N)=O.[K]. The number of carbonyl (C=O) groups excluding carboxylic acids is 1. The van der Waals surface area contributed by atoms with Crippen molar-refractivity contribution in [2.75, 3.05) is 0 Å². The smallest absolute Gasteiger partial charge is 0.330 e. The number of rotatable bonds is 2. The molecule has 3 N–H and O–H groups in total. The average molecular weight is 196 g/mol. The molecule has 63 valence electrons. The number of carbonyl (C=O) groups is 2. The Morgan fingerprint density at radius 1 is 1.50 bits per heavy atom. The maximum Gasteiger partial charge on any atom is 0.330 e. The molecule has 0 aromatic heterocycles. The van der Waals surface area contributed by atoms with Crippen molar-refractivity contribution in [1.29, 1.82) is 0 Å². The maximum absolute atomic E-state index is 9.60. The summed E-state index contributed by atoms with van der Waals surface area (Å²) >= 11 is 0. The fraction of sp³-hybridized carbons (Fsp3) is 0.143. The molecule has 0 aliphatic heterocycles. The van der Waals surface area contributed by atoms with Crippen molar-refractivity contribution < 1.29 is 14.7 Å². The molecular weight excluding hydrogens is 185 g/mol. The van der Waals surface area contributed by atoms with Gasteiger partial charge >= 0.3 is 5.97 Å². The van der Waals surface area contributed by atoms with Gasteiger partial charge in [0.15, 0.2) is 0 Å². The Morgan fingerprint density at radius 3 is 1.67 bits per heavy atom. The number of hydrogen-bond donors (Lipinski definition) is 2. The molecule has 4 nitrogen and oxygen atoms in total. The zero-order chi connectivity index (χ0) is 9.44. The van der Waals surface area contributed by atoms with Crippen molar-refractivity contribution in [3.05, 3.63) is 24.8 Å². The van der Waals surface area contributed by atoms with Gasteiger partial charge in [-0.25, -0.2) is 4.79 Å². The van der Waals surface area contributed by atoms with Crippen LogP contribution in [-0.2, 0) is 9.59 Å². The monoisotopic (exact) mass is 196 g/mol. The van der Waals surface area contributed by atoms with Crippen LogP contribution in [-0.4, -0.2) is 68.4 Å². The Labute approximate surface area is 114 Å². The summed E-state index contributed by atoms with van der Waals surface area (Å²) < 4.78 is 0. The third-order valence-corrected chi connectivity index (χ3v) is 0.566. The first-order valence-electron chi connectivity index (χ1n) is 2.72. The summed E-state index contributed by atoms with van der Waals surface area (Å²) in [4.78, 5) is 19.1. The summed E-state index contributed by atoms with van der Waals surface area (Å²) in [5.41, 5.74) is 4.71. The van der Waals surface area contributed by atoms with Gasteiger partial charge in [-0.15, -0.1) is 0 Å². The number of primary amides is 1. The molecule has 12 heavy (non-hydrogen) atoms. The molecule has 0 fully saturated rings. The molecule has 1 radical (unpaired) electrons. The number of hydrogen-bond acceptors (Lipinski definition) is 2. The van der Waals surface area contributed by atoms with E-state index >= 15 is 0 Å². The predicted octanol–water partition coefficient (Wildman–Crippen LogP) is -0.0760. The molecular formula is C7H11KNO3. The van der Waals surface area contributed by atoms with Crippen molar-refractivity contribution in [1.82, 2.24) is 0 Å². The summed E-state index contributed by atoms with van der Waals surface area (Å²) in [5, 5.41) is 7.89. The molecule has 0 aromatic rings. The maximum atomic E-state index is 9.60. The summed E-state index contributed by atoms with van der Waals surface area (Å²) in [5.74, 6) is -1.42. The second kappa shape index (κ2) is 11.1. The second-order valence-corrected chi connectivity index (χ2v) is 1.69. The second-order valence-electron chi connectivity index (χ2n) is 1.69. The van der Waals surface area contributed by atoms with E-state index < -0.39 is 11.9 Å². The van der Waals surface area contributed by atoms with Gasteiger partial charge in [0.1, 0.15) is 0 Å². The third-order valence-electron chi connectivity index (χ3n) is 0.566. The van der Waals surface area contributed by atoms with E-state index in [1.165, 1.54) is 6.92 Å². The summed E-state index contributed by atoms with van der Waals surface area (Å²) in [7, 11) is 0. The molecule has 0 saturated carbocycles. The third kappa shape index (κ3) is 22.5. The van der Waals surface area contributed by atoms with Gasteiger partial charge in [0.25, 0.3) is 0 Å². The van der Waals surface area contributed by atoms with Crippen LogP contribution >= 0.6 is 0 Å². The number of aliphatic carboxylic acids is 1. The van der Waals surface area contributed by atoms with E-state index in [9.17, 15) is 9.59 Å². The van der Waals surface area contributed by atoms with Gasteiger partial charge in [0.2, 0.25) is 5.91 Å². The molecule has 0 aliphatic rings. The van der Waals surface area contributed by atoms with Gasteiger partial charge in [-0.1, -0.05) is 13.2 Å². The molecule has 0 saturated heterocycles. The molecule has 0 atom stereocenters. The van der Waals surface area contributed by atoms with Crippen molar-refractivity contribution in [2.24, 2.45) is 5.73 Å². The standard InChI is InChI=1S/C4H6O2.C3H5NO.K/c1-3(2)4(5)6;1-2-3(4)5;/h1H2,2H3,(H,5,6);2H,1H2,(H2,4,5);. The van der Waals surface area contributed by atoms with Gasteiger partial charge in [-0.2, -0.15) is 0 Å². The van der Waals surface area contributed by atoms with E-state index in [1.54, 1.807) is 0 Å². The molecule has 0 rings (SSSR count). The molecule has 5 heteroatoms. The van der Waals surface area contributed by atoms with Crippen LogP contribution < -0.4 is 5.73 Å². The largest absolute Gasteiger partial charge is 0.478 e. The fourth-order valence-electron chi connectivity index (χ4n) is 0. The fourth-order valence-corrected chi connectivity index (χ4v) is 0. The van der Waals surface area contributed by atoms with Gasteiger partial charge in [0, 0.05) is 57.0 Å². The Hall–Kier alpha value is 0.0564. The zero-order valence-corrected chi connectivity index (χ0v) is 10.5. The van der Waals surface area contributed by atoms with Crippen molar-refractivity contribution in [2.45, 2.75) is 6.92 Å². The first-order chi connectivity index (χ1) is 4.91. The molecule has 0 heterocycles. The average Bonchev–Trinajstić information content (AvgIpc) is 1.89. The minimum atomic E-state index is -0.935. The van der Waals surface area contributed by atoms with Crippen LogP contribution in [0.1, 0.15) is 6.92 Å². The predicted molar refractivity (Wildman–Crippen MR) is 47.6 cm³/mol. The van der Waals surface area contributed by atoms with Gasteiger partial charge in [-0.3, -0.25) is 4.79 Å². The topological polar surface area (TPSA) is 80.4 Å². The van der Waals surface area contributed by atoms with Crippen LogP contribution in [0.15, 0.2) is 24.8 Å². The number of carboxylic acid groups (broad SMARTS) is 1. The first kappa shape index (κ1) is 18.0. The summed E-state index contributed by atoms with van der Waals surface area (Å²) in [6, 6.07) is 0. The zero-order valence-electron chi connectivity index (χ0n) is 7.33. The van der Waals surface area contributed by atoms with Gasteiger partial charge in [0.05, 0.1) is 0 Å². The molecule has 0 aromatic carbocycles. The van der Waals surface area contributed by atoms with E-state index in [0.29, 0.717) is 0 Å². The van der Waals surface area contributed by atoms with E-state index in [4.69, 9.17) is 5.11 Å². The van der Waals surface area contributed by atoms with Crippen molar-refractivity contribution in [3.8, 4) is 0 Å². The van der Waals surface area contributed by atoms with Crippen molar-refractivity contribution in [3.63, 3.8) is 0 Å². The van der Waals surface area contributed by atoms with Crippen LogP contribution in [0.25, 0.3) is 0 Å². The van der Waals surface area contributed by atoms with Crippen molar-refractivity contribution >= 4 is 63.3 Å². The van der Waals surface area contributed by atoms with Crippen LogP contribution in [0.3, 0.4) is 0 Å². The van der Waals surface area contributed by atoms with Gasteiger partial charge < -0.3 is 10.8 Å². The summed E-state index contributed by atoms with van der Waals surface area (Å²) in [6.45, 7) is 7.69. The first-order valence-corrected chi connectivity index (χ1v) is 2.72. The van der Waals surface area contributed by atoms with Crippen LogP contribution in [0.4, 0.5) is 0 Å². The molecule has 1 amide bonds. The van der Waals surface area contributed by atoms with Crippen LogP contribution in [0.5, 0.6) is 0 Å². The number of amides is 1. The Morgan fingerprint density at radius 2 is 1.67 bits per heavy atom. The quantitative estimate of drug-likeness (QED) is 0.479. The van der Waals surface area contributed by atoms with E-state index in [-0.39, 0.29) is 57.0 Å². The van der Waals surface area contributed by atoms with E-state index in [1.807, 2.05) is 0 Å². The molecule has 0 bridgehead atoms. The minimum Gasteiger partial charge on any atom is -0.478 e. The minimum absolute atomic E-state index is 0. The summed E-state index contributed by atoms with van der Waals surface area (Å²) in [6.07, 6.45) is 1.06. The molecule has 0 spiro atoms. The van der Waals surface area contributed by atoms with Crippen LogP contribution in [0, 0.1) is 0 Å². The Balaban J connectivity index is -0.000000126. The Bertz CT molecular complexity index is 177. The Kier molecular flexibility index (Phi) is 16.6. The number of carboxylic acids is 1. The van der Waals surface area contributed by atoms with Gasteiger partial charge in [-0.05, 0) is 13.0 Å². The normalized spacial score (nSPS) is 6.42. The van der Waals surface area contributed by atoms with E-state index in [0.717, 1.165) is 6.08 Å².